The fourth-order valence-electron chi connectivity index (χ4n) is 3.02. The first-order valence-electron chi connectivity index (χ1n) is 11.7. The second-order valence-electron chi connectivity index (χ2n) is 7.97. The van der Waals surface area contributed by atoms with Crippen molar-refractivity contribution in [2.45, 2.75) is 135 Å². The molecule has 6 nitrogen and oxygen atoms in total. The highest BCUT2D eigenvalue weighted by molar-refractivity contribution is 5.74. The van der Waals surface area contributed by atoms with E-state index in [4.69, 9.17) is 20.4 Å². The first kappa shape index (κ1) is 30.1. The molecule has 0 aliphatic heterocycles. The Labute approximate surface area is 177 Å². The Morgan fingerprint density at radius 1 is 0.586 bits per heavy atom. The molecule has 0 unspecified atom stereocenters. The first-order chi connectivity index (χ1) is 13.8. The lowest BCUT2D eigenvalue weighted by Gasteiger charge is -2.15. The minimum absolute atomic E-state index is 0.101. The van der Waals surface area contributed by atoms with Crippen LogP contribution in [0.2, 0.25) is 0 Å². The lowest BCUT2D eigenvalue weighted by atomic mass is 10.0. The summed E-state index contributed by atoms with van der Waals surface area (Å²) >= 11 is 0. The van der Waals surface area contributed by atoms with Crippen molar-refractivity contribution >= 4 is 11.9 Å². The summed E-state index contributed by atoms with van der Waals surface area (Å²) in [7, 11) is 0. The van der Waals surface area contributed by atoms with Crippen molar-refractivity contribution < 1.29 is 30.0 Å². The maximum Gasteiger partial charge on any atom is 0.364 e. The van der Waals surface area contributed by atoms with E-state index >= 15 is 0 Å². The normalized spacial score (nSPS) is 11.0. The smallest absolute Gasteiger partial charge is 0.364 e. The molecule has 6 heteroatoms. The minimum Gasteiger partial charge on any atom is -0.481 e. The zero-order valence-corrected chi connectivity index (χ0v) is 18.8. The van der Waals surface area contributed by atoms with Gasteiger partial charge in [-0.2, -0.15) is 0 Å². The molecule has 0 saturated carbocycles. The molecule has 0 aromatic rings. The molecule has 0 heterocycles. The van der Waals surface area contributed by atoms with E-state index in [0.29, 0.717) is 12.8 Å². The van der Waals surface area contributed by atoms with E-state index in [1.54, 1.807) is 0 Å². The van der Waals surface area contributed by atoms with Gasteiger partial charge in [0, 0.05) is 12.8 Å². The number of carboxylic acid groups (broad SMARTS) is 2. The van der Waals surface area contributed by atoms with Crippen LogP contribution in [0.15, 0.2) is 0 Å². The summed E-state index contributed by atoms with van der Waals surface area (Å²) in [5.74, 6) is -4.76. The quantitative estimate of drug-likeness (QED) is 0.154. The first-order valence-corrected chi connectivity index (χ1v) is 11.7. The van der Waals surface area contributed by atoms with Crippen LogP contribution >= 0.6 is 0 Å². The second kappa shape index (κ2) is 21.6. The summed E-state index contributed by atoms with van der Waals surface area (Å²) in [5.41, 5.74) is 0. The molecule has 0 aromatic heterocycles. The minimum atomic E-state index is -2.53. The topological polar surface area (TPSA) is 115 Å². The summed E-state index contributed by atoms with van der Waals surface area (Å²) in [5, 5.41) is 34.3. The number of rotatable bonds is 19. The number of hydrogen-bond donors (Lipinski definition) is 4. The standard InChI is InChI=1S/C16H32O2.C7H14O4/c1-2-3-4-5-6-7-8-9-10-11-12-13-14-15-16(17)18;1-2-3-4-5-7(10,11)6(8)9/h2-15H2,1H3,(H,17,18);10-11H,2-5H2,1H3,(H,8,9). The zero-order chi connectivity index (χ0) is 22.4. The van der Waals surface area contributed by atoms with Gasteiger partial charge in [0.2, 0.25) is 0 Å². The molecule has 0 aromatic carbocycles. The van der Waals surface area contributed by atoms with Crippen LogP contribution in [-0.4, -0.2) is 38.2 Å². The van der Waals surface area contributed by atoms with Gasteiger partial charge in [0.15, 0.2) is 0 Å². The molecular formula is C23H46O6. The molecule has 0 saturated heterocycles. The van der Waals surface area contributed by atoms with Crippen LogP contribution in [0.1, 0.15) is 129 Å². The number of carboxylic acids is 2. The summed E-state index contributed by atoms with van der Waals surface area (Å²) in [6.07, 6.45) is 19.4. The van der Waals surface area contributed by atoms with Crippen LogP contribution in [0.5, 0.6) is 0 Å². The molecule has 0 amide bonds. The third kappa shape index (κ3) is 24.8. The Kier molecular flexibility index (Phi) is 22.4. The molecular weight excluding hydrogens is 372 g/mol. The molecule has 0 radical (unpaired) electrons. The SMILES string of the molecule is CCCCCC(O)(O)C(=O)O.CCCCCCCCCCCCCCCC(=O)O. The van der Waals surface area contributed by atoms with Gasteiger partial charge in [0.1, 0.15) is 0 Å². The van der Waals surface area contributed by atoms with E-state index in [9.17, 15) is 9.59 Å². The summed E-state index contributed by atoms with van der Waals surface area (Å²) < 4.78 is 0. The highest BCUT2D eigenvalue weighted by Gasteiger charge is 2.31. The third-order valence-corrected chi connectivity index (χ3v) is 4.97. The summed E-state index contributed by atoms with van der Waals surface area (Å²) in [6, 6.07) is 0. The Morgan fingerprint density at radius 3 is 1.28 bits per heavy atom. The van der Waals surface area contributed by atoms with Gasteiger partial charge in [-0.05, 0) is 12.8 Å². The predicted molar refractivity (Wildman–Crippen MR) is 117 cm³/mol. The molecule has 0 atom stereocenters. The average Bonchev–Trinajstić information content (AvgIpc) is 2.66. The Hall–Kier alpha value is -1.14. The fourth-order valence-corrected chi connectivity index (χ4v) is 3.02. The number of aliphatic carboxylic acids is 2. The van der Waals surface area contributed by atoms with Gasteiger partial charge in [-0.15, -0.1) is 0 Å². The van der Waals surface area contributed by atoms with Gasteiger partial charge in [0.25, 0.3) is 5.79 Å². The van der Waals surface area contributed by atoms with Gasteiger partial charge in [-0.3, -0.25) is 4.79 Å². The van der Waals surface area contributed by atoms with Gasteiger partial charge in [-0.1, -0.05) is 104 Å². The van der Waals surface area contributed by atoms with Crippen LogP contribution < -0.4 is 0 Å². The maximum absolute atomic E-state index is 10.3. The lowest BCUT2D eigenvalue weighted by Crippen LogP contribution is -2.37. The maximum atomic E-state index is 10.3. The highest BCUT2D eigenvalue weighted by Crippen LogP contribution is 2.13. The van der Waals surface area contributed by atoms with Crippen molar-refractivity contribution in [1.29, 1.82) is 0 Å². The van der Waals surface area contributed by atoms with Crippen LogP contribution in [0, 0.1) is 0 Å². The molecule has 29 heavy (non-hydrogen) atoms. The number of aliphatic hydroxyl groups is 2. The molecule has 0 spiro atoms. The van der Waals surface area contributed by atoms with E-state index in [0.717, 1.165) is 25.7 Å². The van der Waals surface area contributed by atoms with E-state index in [-0.39, 0.29) is 6.42 Å². The monoisotopic (exact) mass is 418 g/mol. The molecule has 174 valence electrons. The summed E-state index contributed by atoms with van der Waals surface area (Å²) in [4.78, 5) is 20.4. The van der Waals surface area contributed by atoms with Crippen molar-refractivity contribution in [3.05, 3.63) is 0 Å². The van der Waals surface area contributed by atoms with Gasteiger partial charge in [0.05, 0.1) is 0 Å². The molecule has 0 fully saturated rings. The highest BCUT2D eigenvalue weighted by atomic mass is 16.5. The Balaban J connectivity index is 0. The van der Waals surface area contributed by atoms with Gasteiger partial charge in [-0.25, -0.2) is 4.79 Å². The molecule has 0 aliphatic rings. The van der Waals surface area contributed by atoms with E-state index in [1.165, 1.54) is 70.6 Å². The number of carbonyl (C=O) groups is 2. The fraction of sp³-hybridized carbons (Fsp3) is 0.913. The second-order valence-corrected chi connectivity index (χ2v) is 7.97. The molecule has 0 bridgehead atoms. The largest absolute Gasteiger partial charge is 0.481 e. The van der Waals surface area contributed by atoms with Crippen molar-refractivity contribution in [2.75, 3.05) is 0 Å². The Morgan fingerprint density at radius 2 is 0.931 bits per heavy atom. The molecule has 0 aliphatic carbocycles. The van der Waals surface area contributed by atoms with Crippen molar-refractivity contribution in [3.8, 4) is 0 Å². The van der Waals surface area contributed by atoms with E-state index < -0.39 is 17.7 Å². The molecule has 0 rings (SSSR count). The molecule has 4 N–H and O–H groups in total. The van der Waals surface area contributed by atoms with Crippen LogP contribution in [0.4, 0.5) is 0 Å². The number of hydrogen-bond acceptors (Lipinski definition) is 4. The average molecular weight is 419 g/mol. The number of unbranched alkanes of at least 4 members (excludes halogenated alkanes) is 14. The van der Waals surface area contributed by atoms with Crippen LogP contribution in [-0.2, 0) is 9.59 Å². The summed E-state index contributed by atoms with van der Waals surface area (Å²) in [6.45, 7) is 4.22. The van der Waals surface area contributed by atoms with Crippen LogP contribution in [0.25, 0.3) is 0 Å². The van der Waals surface area contributed by atoms with Crippen molar-refractivity contribution in [2.24, 2.45) is 0 Å². The van der Waals surface area contributed by atoms with E-state index in [2.05, 4.69) is 6.92 Å². The lowest BCUT2D eigenvalue weighted by molar-refractivity contribution is -0.205. The van der Waals surface area contributed by atoms with Crippen molar-refractivity contribution in [3.63, 3.8) is 0 Å². The van der Waals surface area contributed by atoms with E-state index in [1.807, 2.05) is 6.92 Å². The Bertz CT molecular complexity index is 382. The predicted octanol–water partition coefficient (Wildman–Crippen LogP) is 5.88. The van der Waals surface area contributed by atoms with Crippen LogP contribution in [0.3, 0.4) is 0 Å². The third-order valence-electron chi connectivity index (χ3n) is 4.97. The van der Waals surface area contributed by atoms with Gasteiger partial charge < -0.3 is 20.4 Å². The zero-order valence-electron chi connectivity index (χ0n) is 18.8. The van der Waals surface area contributed by atoms with Gasteiger partial charge >= 0.3 is 11.9 Å². The van der Waals surface area contributed by atoms with Crippen molar-refractivity contribution in [1.82, 2.24) is 0 Å².